The number of imidazole rings is 1. The largest absolute Gasteiger partial charge is 0.488 e. The highest BCUT2D eigenvalue weighted by molar-refractivity contribution is 7.15. The summed E-state index contributed by atoms with van der Waals surface area (Å²) in [5, 5.41) is 9.65. The van der Waals surface area contributed by atoms with Gasteiger partial charge in [-0.25, -0.2) is 9.97 Å². The van der Waals surface area contributed by atoms with E-state index in [9.17, 15) is 18.0 Å². The maximum atomic E-state index is 12.8. The number of aromatic nitrogens is 3. The van der Waals surface area contributed by atoms with Gasteiger partial charge in [0.15, 0.2) is 0 Å². The molecule has 0 saturated heterocycles. The molecule has 4 rings (SSSR count). The molecule has 0 fully saturated rings. The van der Waals surface area contributed by atoms with Crippen LogP contribution in [0.3, 0.4) is 0 Å². The number of carboxylic acids is 1. The van der Waals surface area contributed by atoms with Gasteiger partial charge in [-0.1, -0.05) is 12.1 Å². The smallest absolute Gasteiger partial charge is 0.416 e. The maximum absolute atomic E-state index is 12.8. The van der Waals surface area contributed by atoms with E-state index in [1.165, 1.54) is 29.8 Å². The molecule has 0 bridgehead atoms. The second kappa shape index (κ2) is 8.27. The third-order valence-corrected chi connectivity index (χ3v) is 6.08. The summed E-state index contributed by atoms with van der Waals surface area (Å²) in [7, 11) is 0. The first kappa shape index (κ1) is 21.8. The maximum Gasteiger partial charge on any atom is 0.416 e. The fourth-order valence-corrected chi connectivity index (χ4v) is 4.36. The first-order valence-corrected chi connectivity index (χ1v) is 10.4. The Morgan fingerprint density at radius 3 is 2.56 bits per heavy atom. The third kappa shape index (κ3) is 4.45. The van der Waals surface area contributed by atoms with Crippen molar-refractivity contribution in [3.8, 4) is 16.3 Å². The lowest BCUT2D eigenvalue weighted by Gasteiger charge is -2.08. The molecule has 166 valence electrons. The van der Waals surface area contributed by atoms with Crippen LogP contribution in [-0.2, 0) is 24.1 Å². The van der Waals surface area contributed by atoms with Crippen LogP contribution in [0.5, 0.6) is 5.75 Å². The van der Waals surface area contributed by atoms with Gasteiger partial charge in [0.1, 0.15) is 23.9 Å². The van der Waals surface area contributed by atoms with Crippen LogP contribution in [0.1, 0.15) is 21.7 Å². The Kier molecular flexibility index (Phi) is 5.64. The number of aryl methyl sites for hydroxylation is 2. The molecule has 2 aromatic carbocycles. The van der Waals surface area contributed by atoms with Crippen LogP contribution in [0.25, 0.3) is 21.6 Å². The number of halogens is 3. The molecule has 6 nitrogen and oxygen atoms in total. The minimum atomic E-state index is -4.38. The zero-order valence-corrected chi connectivity index (χ0v) is 17.9. The molecule has 0 spiro atoms. The third-order valence-electron chi connectivity index (χ3n) is 4.90. The Hall–Kier alpha value is -3.40. The number of benzene rings is 2. The molecule has 0 atom stereocenters. The van der Waals surface area contributed by atoms with Crippen LogP contribution < -0.4 is 4.74 Å². The predicted octanol–water partition coefficient (Wildman–Crippen LogP) is 5.46. The zero-order chi connectivity index (χ0) is 23.0. The van der Waals surface area contributed by atoms with E-state index < -0.39 is 17.7 Å². The summed E-state index contributed by atoms with van der Waals surface area (Å²) in [5.41, 5.74) is 2.86. The topological polar surface area (TPSA) is 77.2 Å². The van der Waals surface area contributed by atoms with Crippen molar-refractivity contribution in [2.45, 2.75) is 33.2 Å². The van der Waals surface area contributed by atoms with E-state index >= 15 is 0 Å². The van der Waals surface area contributed by atoms with Crippen molar-refractivity contribution in [1.29, 1.82) is 0 Å². The van der Waals surface area contributed by atoms with Crippen molar-refractivity contribution in [3.05, 3.63) is 64.4 Å². The van der Waals surface area contributed by atoms with Crippen LogP contribution in [0.2, 0.25) is 0 Å². The molecule has 10 heteroatoms. The number of carboxylic acid groups (broad SMARTS) is 1. The monoisotopic (exact) mass is 461 g/mol. The van der Waals surface area contributed by atoms with Crippen molar-refractivity contribution in [1.82, 2.24) is 14.5 Å². The normalized spacial score (nSPS) is 11.8. The Bertz CT molecular complexity index is 1290. The molecule has 2 heterocycles. The SMILES string of the molecule is Cc1nc(-c2ccc(C(F)(F)F)cc2)sc1COc1cc(C)c2c(c1)ncn2CC(=O)O. The van der Waals surface area contributed by atoms with E-state index in [0.717, 1.165) is 33.8 Å². The number of hydrogen-bond acceptors (Lipinski definition) is 5. The molecule has 0 saturated carbocycles. The van der Waals surface area contributed by atoms with E-state index in [0.29, 0.717) is 21.8 Å². The molecule has 0 aliphatic carbocycles. The predicted molar refractivity (Wildman–Crippen MR) is 114 cm³/mol. The highest BCUT2D eigenvalue weighted by Crippen LogP contribution is 2.33. The number of ether oxygens (including phenoxy) is 1. The molecular formula is C22H18F3N3O3S. The lowest BCUT2D eigenvalue weighted by atomic mass is 10.1. The summed E-state index contributed by atoms with van der Waals surface area (Å²) in [4.78, 5) is 20.6. The highest BCUT2D eigenvalue weighted by Gasteiger charge is 2.30. The fourth-order valence-electron chi connectivity index (χ4n) is 3.38. The second-order valence-corrected chi connectivity index (χ2v) is 8.35. The number of nitrogens with zero attached hydrogens (tertiary/aromatic N) is 3. The highest BCUT2D eigenvalue weighted by atomic mass is 32.1. The average molecular weight is 461 g/mol. The van der Waals surface area contributed by atoms with E-state index in [2.05, 4.69) is 9.97 Å². The number of hydrogen-bond donors (Lipinski definition) is 1. The minimum Gasteiger partial charge on any atom is -0.488 e. The minimum absolute atomic E-state index is 0.176. The lowest BCUT2D eigenvalue weighted by Crippen LogP contribution is -2.08. The Morgan fingerprint density at radius 2 is 1.91 bits per heavy atom. The number of fused-ring (bicyclic) bond motifs is 1. The molecule has 0 unspecified atom stereocenters. The average Bonchev–Trinajstić information content (AvgIpc) is 3.29. The number of thiazole rings is 1. The van der Waals surface area contributed by atoms with Gasteiger partial charge in [-0.2, -0.15) is 13.2 Å². The van der Waals surface area contributed by atoms with Gasteiger partial charge < -0.3 is 14.4 Å². The number of rotatable bonds is 6. The first-order valence-electron chi connectivity index (χ1n) is 9.56. The van der Waals surface area contributed by atoms with Crippen LogP contribution in [0, 0.1) is 13.8 Å². The van der Waals surface area contributed by atoms with E-state index in [1.54, 1.807) is 10.6 Å². The molecule has 32 heavy (non-hydrogen) atoms. The van der Waals surface area contributed by atoms with Gasteiger partial charge in [0.2, 0.25) is 0 Å². The standard InChI is InChI=1S/C22H18F3N3O3S/c1-12-7-16(8-17-20(12)28(11-26-17)9-19(29)30)31-10-18-13(2)27-21(32-18)14-3-5-15(6-4-14)22(23,24)25/h3-8,11H,9-10H2,1-2H3,(H,29,30). The molecular weight excluding hydrogens is 443 g/mol. The van der Waals surface area contributed by atoms with Crippen molar-refractivity contribution >= 4 is 28.3 Å². The summed E-state index contributed by atoms with van der Waals surface area (Å²) in [6.07, 6.45) is -2.89. The molecule has 0 aliphatic heterocycles. The summed E-state index contributed by atoms with van der Waals surface area (Å²) >= 11 is 1.36. The van der Waals surface area contributed by atoms with Crippen LogP contribution in [0.4, 0.5) is 13.2 Å². The zero-order valence-electron chi connectivity index (χ0n) is 17.1. The summed E-state index contributed by atoms with van der Waals surface area (Å²) < 4.78 is 45.8. The number of aliphatic carboxylic acids is 1. The van der Waals surface area contributed by atoms with Gasteiger partial charge in [-0.05, 0) is 37.6 Å². The van der Waals surface area contributed by atoms with Crippen LogP contribution in [0.15, 0.2) is 42.7 Å². The summed E-state index contributed by atoms with van der Waals surface area (Å²) in [6, 6.07) is 8.48. The summed E-state index contributed by atoms with van der Waals surface area (Å²) in [5.74, 6) is -0.368. The van der Waals surface area contributed by atoms with Crippen LogP contribution >= 0.6 is 11.3 Å². The van der Waals surface area contributed by atoms with Gasteiger partial charge >= 0.3 is 12.1 Å². The Balaban J connectivity index is 1.51. The fraction of sp³-hybridized carbons (Fsp3) is 0.227. The quantitative estimate of drug-likeness (QED) is 0.413. The van der Waals surface area contributed by atoms with Crippen molar-refractivity contribution in [3.63, 3.8) is 0 Å². The van der Waals surface area contributed by atoms with Gasteiger partial charge in [-0.3, -0.25) is 4.79 Å². The van der Waals surface area contributed by atoms with Crippen LogP contribution in [-0.4, -0.2) is 25.6 Å². The van der Waals surface area contributed by atoms with Gasteiger partial charge in [0.05, 0.1) is 33.5 Å². The Labute approximate surface area is 184 Å². The molecule has 0 aliphatic rings. The number of carbonyl (C=O) groups is 1. The first-order chi connectivity index (χ1) is 15.1. The van der Waals surface area contributed by atoms with Crippen molar-refractivity contribution < 1.29 is 27.8 Å². The van der Waals surface area contributed by atoms with Crippen molar-refractivity contribution in [2.75, 3.05) is 0 Å². The van der Waals surface area contributed by atoms with E-state index in [-0.39, 0.29) is 13.2 Å². The van der Waals surface area contributed by atoms with E-state index in [4.69, 9.17) is 9.84 Å². The van der Waals surface area contributed by atoms with Gasteiger partial charge in [-0.15, -0.1) is 11.3 Å². The van der Waals surface area contributed by atoms with Gasteiger partial charge in [0.25, 0.3) is 0 Å². The Morgan fingerprint density at radius 1 is 1.19 bits per heavy atom. The van der Waals surface area contributed by atoms with E-state index in [1.807, 2.05) is 19.9 Å². The number of alkyl halides is 3. The summed E-state index contributed by atoms with van der Waals surface area (Å²) in [6.45, 7) is 3.75. The van der Waals surface area contributed by atoms with Gasteiger partial charge in [0, 0.05) is 11.6 Å². The lowest BCUT2D eigenvalue weighted by molar-refractivity contribution is -0.138. The molecule has 2 aromatic heterocycles. The molecule has 0 amide bonds. The van der Waals surface area contributed by atoms with Crippen molar-refractivity contribution in [2.24, 2.45) is 0 Å². The molecule has 0 radical (unpaired) electrons. The second-order valence-electron chi connectivity index (χ2n) is 7.27. The molecule has 1 N–H and O–H groups in total. The molecule has 4 aromatic rings.